The Morgan fingerprint density at radius 2 is 1.52 bits per heavy atom. The van der Waals surface area contributed by atoms with E-state index in [9.17, 15) is 9.59 Å². The quantitative estimate of drug-likeness (QED) is 0.482. The summed E-state index contributed by atoms with van der Waals surface area (Å²) in [5.41, 5.74) is 2.29. The first-order valence-corrected chi connectivity index (χ1v) is 10.9. The van der Waals surface area contributed by atoms with Crippen LogP contribution in [0.5, 0.6) is 11.5 Å². The van der Waals surface area contributed by atoms with Crippen molar-refractivity contribution in [3.8, 4) is 11.5 Å². The average molecular weight is 443 g/mol. The van der Waals surface area contributed by atoms with Gasteiger partial charge in [0.25, 0.3) is 11.8 Å². The maximum absolute atomic E-state index is 13.6. The predicted molar refractivity (Wildman–Crippen MR) is 129 cm³/mol. The number of amides is 2. The van der Waals surface area contributed by atoms with E-state index >= 15 is 0 Å². The fourth-order valence-electron chi connectivity index (χ4n) is 3.69. The van der Waals surface area contributed by atoms with E-state index in [-0.39, 0.29) is 11.8 Å². The van der Waals surface area contributed by atoms with Gasteiger partial charge >= 0.3 is 0 Å². The van der Waals surface area contributed by atoms with E-state index in [1.807, 2.05) is 81.4 Å². The van der Waals surface area contributed by atoms with Crippen LogP contribution in [0.1, 0.15) is 26.3 Å². The first kappa shape index (κ1) is 22.1. The van der Waals surface area contributed by atoms with Crippen molar-refractivity contribution in [3.63, 3.8) is 0 Å². The van der Waals surface area contributed by atoms with Crippen LogP contribution in [-0.4, -0.2) is 24.5 Å². The van der Waals surface area contributed by atoms with Crippen molar-refractivity contribution in [3.05, 3.63) is 90.1 Å². The van der Waals surface area contributed by atoms with Crippen molar-refractivity contribution in [2.24, 2.45) is 0 Å². The molecule has 0 spiro atoms. The average Bonchev–Trinajstić information content (AvgIpc) is 3.05. The molecule has 0 fully saturated rings. The summed E-state index contributed by atoms with van der Waals surface area (Å²) in [6, 6.07) is 23.5. The Kier molecular flexibility index (Phi) is 6.45. The van der Waals surface area contributed by atoms with Crippen molar-refractivity contribution in [2.45, 2.75) is 26.9 Å². The molecule has 2 amide bonds. The Morgan fingerprint density at radius 3 is 2.18 bits per heavy atom. The van der Waals surface area contributed by atoms with Gasteiger partial charge in [-0.2, -0.15) is 0 Å². The Morgan fingerprint density at radius 1 is 0.848 bits per heavy atom. The highest BCUT2D eigenvalue weighted by molar-refractivity contribution is 6.46. The van der Waals surface area contributed by atoms with E-state index in [2.05, 4.69) is 5.32 Å². The summed E-state index contributed by atoms with van der Waals surface area (Å²) < 4.78 is 11.4. The highest BCUT2D eigenvalue weighted by Crippen LogP contribution is 2.37. The number of nitrogens with one attached hydrogen (secondary N) is 1. The van der Waals surface area contributed by atoms with Gasteiger partial charge in [-0.25, -0.2) is 4.90 Å². The zero-order valence-electron chi connectivity index (χ0n) is 18.9. The molecule has 0 unspecified atom stereocenters. The molecule has 0 aromatic heterocycles. The van der Waals surface area contributed by atoms with Gasteiger partial charge in [0.05, 0.1) is 24.0 Å². The van der Waals surface area contributed by atoms with Gasteiger partial charge < -0.3 is 14.8 Å². The first-order chi connectivity index (χ1) is 16.0. The lowest BCUT2D eigenvalue weighted by molar-refractivity contribution is -0.120. The fraction of sp³-hybridized carbons (Fsp3) is 0.185. The van der Waals surface area contributed by atoms with Crippen LogP contribution in [0.25, 0.3) is 5.57 Å². The smallest absolute Gasteiger partial charge is 0.282 e. The van der Waals surface area contributed by atoms with Crippen molar-refractivity contribution in [1.29, 1.82) is 0 Å². The van der Waals surface area contributed by atoms with Crippen molar-refractivity contribution in [1.82, 2.24) is 0 Å². The van der Waals surface area contributed by atoms with E-state index in [4.69, 9.17) is 9.47 Å². The maximum Gasteiger partial charge on any atom is 0.282 e. The minimum atomic E-state index is -0.437. The molecule has 0 bridgehead atoms. The molecule has 168 valence electrons. The highest BCUT2D eigenvalue weighted by atomic mass is 16.5. The third kappa shape index (κ3) is 4.60. The molecular formula is C27H26N2O4. The second kappa shape index (κ2) is 9.61. The normalized spacial score (nSPS) is 13.6. The molecule has 4 rings (SSSR count). The largest absolute Gasteiger partial charge is 0.492 e. The summed E-state index contributed by atoms with van der Waals surface area (Å²) in [4.78, 5) is 28.3. The number of anilines is 2. The number of carbonyl (C=O) groups excluding carboxylic acids is 2. The van der Waals surface area contributed by atoms with Crippen LogP contribution in [0.4, 0.5) is 11.4 Å². The van der Waals surface area contributed by atoms with Crippen molar-refractivity contribution in [2.75, 3.05) is 16.8 Å². The molecule has 0 saturated carbocycles. The van der Waals surface area contributed by atoms with Gasteiger partial charge in [0.2, 0.25) is 0 Å². The number of nitrogens with zero attached hydrogens (tertiary/aromatic N) is 1. The maximum atomic E-state index is 13.6. The molecule has 6 nitrogen and oxygen atoms in total. The summed E-state index contributed by atoms with van der Waals surface area (Å²) in [5, 5.41) is 3.17. The van der Waals surface area contributed by atoms with Gasteiger partial charge in [-0.3, -0.25) is 9.59 Å². The molecule has 1 aliphatic rings. The van der Waals surface area contributed by atoms with Crippen LogP contribution in [-0.2, 0) is 9.59 Å². The van der Waals surface area contributed by atoms with Crippen LogP contribution in [0.15, 0.2) is 84.6 Å². The van der Waals surface area contributed by atoms with Crippen LogP contribution in [0, 0.1) is 0 Å². The molecule has 0 aliphatic carbocycles. The summed E-state index contributed by atoms with van der Waals surface area (Å²) in [5.74, 6) is 0.369. The van der Waals surface area contributed by atoms with Gasteiger partial charge in [-0.1, -0.05) is 42.5 Å². The predicted octanol–water partition coefficient (Wildman–Crippen LogP) is 5.27. The Hall–Kier alpha value is -4.06. The van der Waals surface area contributed by atoms with Crippen molar-refractivity contribution >= 4 is 28.8 Å². The lowest BCUT2D eigenvalue weighted by Gasteiger charge is -2.19. The van der Waals surface area contributed by atoms with E-state index in [1.54, 1.807) is 18.2 Å². The first-order valence-electron chi connectivity index (χ1n) is 10.9. The topological polar surface area (TPSA) is 67.9 Å². The Labute approximate surface area is 193 Å². The molecular weight excluding hydrogens is 416 g/mol. The van der Waals surface area contributed by atoms with E-state index in [1.165, 1.54) is 4.90 Å². The van der Waals surface area contributed by atoms with Gasteiger partial charge in [0, 0.05) is 5.69 Å². The number of carbonyl (C=O) groups is 2. The molecule has 1 heterocycles. The van der Waals surface area contributed by atoms with E-state index in [0.717, 1.165) is 5.75 Å². The minimum Gasteiger partial charge on any atom is -0.492 e. The molecule has 0 radical (unpaired) electrons. The molecule has 33 heavy (non-hydrogen) atoms. The zero-order valence-corrected chi connectivity index (χ0v) is 18.9. The Bertz CT molecular complexity index is 1180. The number of para-hydroxylation sites is 2. The van der Waals surface area contributed by atoms with Crippen LogP contribution in [0.3, 0.4) is 0 Å². The Balaban J connectivity index is 1.74. The second-order valence-electron chi connectivity index (χ2n) is 7.78. The highest BCUT2D eigenvalue weighted by Gasteiger charge is 2.41. The van der Waals surface area contributed by atoms with Gasteiger partial charge in [-0.05, 0) is 62.7 Å². The minimum absolute atomic E-state index is 0.0594. The van der Waals surface area contributed by atoms with Crippen LogP contribution >= 0.6 is 0 Å². The lowest BCUT2D eigenvalue weighted by atomic mass is 10.0. The molecule has 1 N–H and O–H groups in total. The third-order valence-electron chi connectivity index (χ3n) is 5.05. The number of imide groups is 1. The van der Waals surface area contributed by atoms with Crippen LogP contribution in [0.2, 0.25) is 0 Å². The number of rotatable bonds is 8. The van der Waals surface area contributed by atoms with Gasteiger partial charge in [0.1, 0.15) is 17.2 Å². The molecule has 1 aliphatic heterocycles. The zero-order chi connectivity index (χ0) is 23.4. The third-order valence-corrected chi connectivity index (χ3v) is 5.05. The summed E-state index contributed by atoms with van der Waals surface area (Å²) in [6.07, 6.45) is 0.0594. The summed E-state index contributed by atoms with van der Waals surface area (Å²) >= 11 is 0. The summed E-state index contributed by atoms with van der Waals surface area (Å²) in [6.45, 7) is 6.20. The molecule has 6 heteroatoms. The van der Waals surface area contributed by atoms with Crippen molar-refractivity contribution < 1.29 is 19.1 Å². The number of ether oxygens (including phenoxy) is 2. The molecule has 3 aromatic carbocycles. The monoisotopic (exact) mass is 442 g/mol. The fourth-order valence-corrected chi connectivity index (χ4v) is 3.69. The van der Waals surface area contributed by atoms with E-state index in [0.29, 0.717) is 34.9 Å². The van der Waals surface area contributed by atoms with Crippen LogP contribution < -0.4 is 19.7 Å². The second-order valence-corrected chi connectivity index (χ2v) is 7.78. The van der Waals surface area contributed by atoms with E-state index < -0.39 is 11.8 Å². The number of benzene rings is 3. The standard InChI is InChI=1S/C27H26N2O4/c1-4-32-23-13-9-8-12-22(23)29-26(30)24(19-10-6-5-7-11-19)25(27(29)31)28-20-14-16-21(17-15-20)33-18(2)3/h5-18,28H,4H2,1-3H3. The SMILES string of the molecule is CCOc1ccccc1N1C(=O)C(Nc2ccc(OC(C)C)cc2)=C(c2ccccc2)C1=O. The number of hydrogen-bond donors (Lipinski definition) is 1. The van der Waals surface area contributed by atoms with Gasteiger partial charge in [0.15, 0.2) is 0 Å². The number of hydrogen-bond acceptors (Lipinski definition) is 5. The van der Waals surface area contributed by atoms with Gasteiger partial charge in [-0.15, -0.1) is 0 Å². The summed E-state index contributed by atoms with van der Waals surface area (Å²) in [7, 11) is 0. The molecule has 0 saturated heterocycles. The molecule has 0 atom stereocenters. The lowest BCUT2D eigenvalue weighted by Crippen LogP contribution is -2.32. The molecule has 3 aromatic rings.